The molecule has 1 nitrogen and oxygen atoms in total. The predicted molar refractivity (Wildman–Crippen MR) is 41.0 cm³/mol. The van der Waals surface area contributed by atoms with E-state index in [0.717, 1.165) is 6.04 Å². The summed E-state index contributed by atoms with van der Waals surface area (Å²) in [4.78, 5) is 0. The zero-order valence-electron chi connectivity index (χ0n) is 5.81. The summed E-state index contributed by atoms with van der Waals surface area (Å²) in [5.74, 6) is 0. The monoisotopic (exact) mass is 147 g/mol. The minimum atomic E-state index is 0. The smallest absolute Gasteiger partial charge is 0.0157 e. The standard InChI is InChI=1S/C7H13N.ClH/c1-7-4-2-6(8-7)3-5-7;/h6,8H,2-5H2,1H3;1H/t6-,7+;. The van der Waals surface area contributed by atoms with E-state index in [0.29, 0.717) is 5.54 Å². The summed E-state index contributed by atoms with van der Waals surface area (Å²) in [6.07, 6.45) is 5.68. The van der Waals surface area contributed by atoms with Gasteiger partial charge in [0.25, 0.3) is 0 Å². The van der Waals surface area contributed by atoms with E-state index >= 15 is 0 Å². The van der Waals surface area contributed by atoms with Gasteiger partial charge in [0.15, 0.2) is 0 Å². The highest BCUT2D eigenvalue weighted by Crippen LogP contribution is 2.36. The van der Waals surface area contributed by atoms with Crippen LogP contribution in [0.15, 0.2) is 0 Å². The number of nitrogens with one attached hydrogen (secondary N) is 1. The molecule has 0 spiro atoms. The maximum atomic E-state index is 3.60. The highest BCUT2D eigenvalue weighted by Gasteiger charge is 2.39. The summed E-state index contributed by atoms with van der Waals surface area (Å²) in [5, 5.41) is 3.60. The SMILES string of the molecule is C[C@]12CC[C@H](CC1)N2.Cl. The Kier molecular flexibility index (Phi) is 1.75. The normalized spacial score (nSPS) is 47.0. The van der Waals surface area contributed by atoms with Crippen molar-refractivity contribution in [3.05, 3.63) is 0 Å². The second-order valence-corrected chi connectivity index (χ2v) is 3.48. The van der Waals surface area contributed by atoms with Crippen molar-refractivity contribution in [3.8, 4) is 0 Å². The van der Waals surface area contributed by atoms with Crippen LogP contribution >= 0.6 is 12.4 Å². The number of hydrogen-bond acceptors (Lipinski definition) is 1. The van der Waals surface area contributed by atoms with E-state index < -0.39 is 0 Å². The van der Waals surface area contributed by atoms with Gasteiger partial charge in [-0.2, -0.15) is 0 Å². The molecule has 0 saturated carbocycles. The molecule has 0 atom stereocenters. The second kappa shape index (κ2) is 2.14. The molecule has 0 unspecified atom stereocenters. The van der Waals surface area contributed by atoms with Crippen LogP contribution in [0, 0.1) is 0 Å². The Bertz CT molecular complexity index is 105. The summed E-state index contributed by atoms with van der Waals surface area (Å²) >= 11 is 0. The van der Waals surface area contributed by atoms with Crippen LogP contribution in [-0.4, -0.2) is 11.6 Å². The molecular formula is C7H14ClN. The van der Waals surface area contributed by atoms with Crippen molar-refractivity contribution in [3.63, 3.8) is 0 Å². The lowest BCUT2D eigenvalue weighted by atomic mass is 9.90. The molecule has 0 radical (unpaired) electrons. The molecule has 0 amide bonds. The van der Waals surface area contributed by atoms with Crippen LogP contribution in [0.2, 0.25) is 0 Å². The van der Waals surface area contributed by atoms with Gasteiger partial charge >= 0.3 is 0 Å². The number of rotatable bonds is 0. The first-order valence-electron chi connectivity index (χ1n) is 3.56. The quantitative estimate of drug-likeness (QED) is 0.550. The van der Waals surface area contributed by atoms with Crippen LogP contribution in [0.5, 0.6) is 0 Å². The molecule has 1 N–H and O–H groups in total. The van der Waals surface area contributed by atoms with Crippen LogP contribution in [0.1, 0.15) is 32.6 Å². The first kappa shape index (κ1) is 7.36. The maximum absolute atomic E-state index is 3.60. The topological polar surface area (TPSA) is 12.0 Å². The summed E-state index contributed by atoms with van der Waals surface area (Å²) in [6, 6.07) is 0.889. The molecule has 2 aliphatic rings. The van der Waals surface area contributed by atoms with Crippen molar-refractivity contribution >= 4 is 12.4 Å². The summed E-state index contributed by atoms with van der Waals surface area (Å²) in [6.45, 7) is 2.35. The van der Waals surface area contributed by atoms with Crippen molar-refractivity contribution in [2.75, 3.05) is 0 Å². The van der Waals surface area contributed by atoms with E-state index in [1.165, 1.54) is 25.7 Å². The van der Waals surface area contributed by atoms with Crippen LogP contribution in [0.25, 0.3) is 0 Å². The minimum absolute atomic E-state index is 0. The summed E-state index contributed by atoms with van der Waals surface area (Å²) in [7, 11) is 0. The van der Waals surface area contributed by atoms with Crippen LogP contribution in [0.4, 0.5) is 0 Å². The number of halogens is 1. The molecule has 2 saturated heterocycles. The first-order valence-corrected chi connectivity index (χ1v) is 3.56. The van der Waals surface area contributed by atoms with Gasteiger partial charge in [-0.1, -0.05) is 0 Å². The van der Waals surface area contributed by atoms with Crippen molar-refractivity contribution in [2.45, 2.75) is 44.2 Å². The van der Waals surface area contributed by atoms with Crippen molar-refractivity contribution in [1.29, 1.82) is 0 Å². The maximum Gasteiger partial charge on any atom is 0.0157 e. The van der Waals surface area contributed by atoms with Gasteiger partial charge in [0.2, 0.25) is 0 Å². The Balaban J connectivity index is 0.000000405. The summed E-state index contributed by atoms with van der Waals surface area (Å²) in [5.41, 5.74) is 0.560. The molecule has 2 aliphatic heterocycles. The third-order valence-electron chi connectivity index (χ3n) is 2.64. The fraction of sp³-hybridized carbons (Fsp3) is 1.00. The molecule has 0 aromatic heterocycles. The van der Waals surface area contributed by atoms with Gasteiger partial charge in [0, 0.05) is 11.6 Å². The predicted octanol–water partition coefficient (Wildman–Crippen LogP) is 1.71. The zero-order chi connectivity index (χ0) is 5.61. The van der Waals surface area contributed by atoms with Crippen LogP contribution < -0.4 is 5.32 Å². The van der Waals surface area contributed by atoms with Gasteiger partial charge in [-0.05, 0) is 32.6 Å². The second-order valence-electron chi connectivity index (χ2n) is 3.48. The van der Waals surface area contributed by atoms with Gasteiger partial charge in [-0.25, -0.2) is 0 Å². The van der Waals surface area contributed by atoms with Gasteiger partial charge in [0.1, 0.15) is 0 Å². The highest BCUT2D eigenvalue weighted by atomic mass is 35.5. The Labute approximate surface area is 62.6 Å². The fourth-order valence-electron chi connectivity index (χ4n) is 2.04. The third kappa shape index (κ3) is 1.08. The minimum Gasteiger partial charge on any atom is -0.309 e. The molecule has 2 heterocycles. The van der Waals surface area contributed by atoms with Crippen molar-refractivity contribution < 1.29 is 0 Å². The van der Waals surface area contributed by atoms with Crippen molar-refractivity contribution in [1.82, 2.24) is 5.32 Å². The Morgan fingerprint density at radius 2 is 1.89 bits per heavy atom. The number of fused-ring (bicyclic) bond motifs is 2. The molecule has 0 aromatic carbocycles. The van der Waals surface area contributed by atoms with Gasteiger partial charge in [-0.15, -0.1) is 12.4 Å². The van der Waals surface area contributed by atoms with E-state index in [4.69, 9.17) is 0 Å². The fourth-order valence-corrected chi connectivity index (χ4v) is 2.04. The van der Waals surface area contributed by atoms with Gasteiger partial charge < -0.3 is 5.32 Å². The van der Waals surface area contributed by atoms with E-state index in [-0.39, 0.29) is 12.4 Å². The van der Waals surface area contributed by atoms with Gasteiger partial charge in [0.05, 0.1) is 0 Å². The molecule has 2 heteroatoms. The Morgan fingerprint density at radius 3 is 2.00 bits per heavy atom. The summed E-state index contributed by atoms with van der Waals surface area (Å²) < 4.78 is 0. The molecule has 0 aliphatic carbocycles. The molecule has 2 fully saturated rings. The average molecular weight is 148 g/mol. The van der Waals surface area contributed by atoms with E-state index in [2.05, 4.69) is 12.2 Å². The first-order chi connectivity index (χ1) is 3.79. The lowest BCUT2D eigenvalue weighted by molar-refractivity contribution is 0.426. The van der Waals surface area contributed by atoms with Crippen molar-refractivity contribution in [2.24, 2.45) is 0 Å². The van der Waals surface area contributed by atoms with E-state index in [1.54, 1.807) is 0 Å². The molecule has 9 heavy (non-hydrogen) atoms. The molecule has 54 valence electrons. The Morgan fingerprint density at radius 1 is 1.33 bits per heavy atom. The van der Waals surface area contributed by atoms with Crippen LogP contribution in [0.3, 0.4) is 0 Å². The Hall–Kier alpha value is 0.250. The highest BCUT2D eigenvalue weighted by molar-refractivity contribution is 5.85. The average Bonchev–Trinajstić information content (AvgIpc) is 2.21. The molecular weight excluding hydrogens is 134 g/mol. The molecule has 2 rings (SSSR count). The van der Waals surface area contributed by atoms with E-state index in [1.807, 2.05) is 0 Å². The lowest BCUT2D eigenvalue weighted by Crippen LogP contribution is -2.31. The van der Waals surface area contributed by atoms with E-state index in [9.17, 15) is 0 Å². The largest absolute Gasteiger partial charge is 0.309 e. The molecule has 0 aromatic rings. The zero-order valence-corrected chi connectivity index (χ0v) is 6.63. The van der Waals surface area contributed by atoms with Gasteiger partial charge in [-0.3, -0.25) is 0 Å². The van der Waals surface area contributed by atoms with Crippen LogP contribution in [-0.2, 0) is 0 Å². The number of hydrogen-bond donors (Lipinski definition) is 1. The molecule has 2 bridgehead atoms. The third-order valence-corrected chi connectivity index (χ3v) is 2.64. The lowest BCUT2D eigenvalue weighted by Gasteiger charge is -2.18.